The molecule has 6 heteroatoms. The van der Waals surface area contributed by atoms with Crippen LogP contribution in [0, 0.1) is 0 Å². The van der Waals surface area contributed by atoms with Crippen molar-refractivity contribution in [2.75, 3.05) is 13.2 Å². The zero-order chi connectivity index (χ0) is 59.2. The number of hydrogen-bond acceptors (Lipinski definition) is 6. The Labute approximate surface area is 508 Å². The summed E-state index contributed by atoms with van der Waals surface area (Å²) in [5.74, 6) is -0.880. The van der Waals surface area contributed by atoms with Crippen LogP contribution in [-0.4, -0.2) is 37.2 Å². The van der Waals surface area contributed by atoms with Gasteiger partial charge in [0.25, 0.3) is 0 Å². The SMILES string of the molecule is CC/C=C\C/C=C\C/C=C\C/C=C\CCCCCCCCCCCCCCCCCCC(=O)OCC(COC(=O)CCCCCCC/C=C\CCC)OC(=O)CCCCCCCCCCCC/C=C\C/C=C\C/C=C\CCCCCCC. The summed E-state index contributed by atoms with van der Waals surface area (Å²) in [6, 6.07) is 0. The van der Waals surface area contributed by atoms with E-state index in [2.05, 4.69) is 118 Å². The molecule has 0 saturated carbocycles. The molecule has 472 valence electrons. The Kier molecular flexibility index (Phi) is 66.7. The molecule has 0 amide bonds. The molecule has 1 atom stereocenters. The number of hydrogen-bond donors (Lipinski definition) is 0. The highest BCUT2D eigenvalue weighted by atomic mass is 16.6. The maximum atomic E-state index is 12.9. The Balaban J connectivity index is 4.18. The summed E-state index contributed by atoms with van der Waals surface area (Å²) >= 11 is 0. The van der Waals surface area contributed by atoms with Gasteiger partial charge < -0.3 is 14.2 Å². The molecule has 0 aliphatic rings. The van der Waals surface area contributed by atoms with E-state index in [9.17, 15) is 14.4 Å². The Bertz CT molecular complexity index is 1590. The van der Waals surface area contributed by atoms with Gasteiger partial charge in [0.05, 0.1) is 0 Å². The van der Waals surface area contributed by atoms with E-state index in [0.29, 0.717) is 19.3 Å². The van der Waals surface area contributed by atoms with Crippen molar-refractivity contribution in [2.24, 2.45) is 0 Å². The molecular formula is C76H132O6. The molecule has 0 aromatic heterocycles. The Hall–Kier alpha value is -3.67. The molecule has 0 aromatic carbocycles. The van der Waals surface area contributed by atoms with Crippen molar-refractivity contribution in [2.45, 2.75) is 354 Å². The van der Waals surface area contributed by atoms with E-state index in [0.717, 1.165) is 109 Å². The highest BCUT2D eigenvalue weighted by molar-refractivity contribution is 5.71. The average molecular weight is 1140 g/mol. The highest BCUT2D eigenvalue weighted by Gasteiger charge is 2.19. The zero-order valence-electron chi connectivity index (χ0n) is 54.2. The Morgan fingerprint density at radius 3 is 0.805 bits per heavy atom. The standard InChI is InChI=1S/C76H132O6/c1-4-7-10-13-16-19-22-24-26-28-30-32-34-36-37-38-39-41-42-44-46-48-50-52-54-57-60-63-66-69-75(78)81-72-73(71-80-74(77)68-65-62-59-56-21-18-15-12-9-6-3)82-76(79)70-67-64-61-58-55-53-51-49-47-45-43-40-35-33-31-29-27-25-23-20-17-14-11-8-5-2/h7,10,12,15-16,19,23-26,29-32,35,40,73H,4-6,8-9,11,13-14,17-18,20-22,27-28,33-34,36-39,41-72H2,1-3H3/b10-7-,15-12-,19-16-,25-23-,26-24-,31-29-,32-30-,40-35-. The van der Waals surface area contributed by atoms with Crippen LogP contribution in [0.5, 0.6) is 0 Å². The number of allylic oxidation sites excluding steroid dienone is 16. The molecule has 0 radical (unpaired) electrons. The molecule has 0 aliphatic carbocycles. The summed E-state index contributed by atoms with van der Waals surface area (Å²) in [5, 5.41) is 0. The first-order valence-electron chi connectivity index (χ1n) is 35.2. The predicted molar refractivity (Wildman–Crippen MR) is 357 cm³/mol. The van der Waals surface area contributed by atoms with Crippen LogP contribution in [0.15, 0.2) is 97.2 Å². The van der Waals surface area contributed by atoms with Crippen LogP contribution in [0.25, 0.3) is 0 Å². The highest BCUT2D eigenvalue weighted by Crippen LogP contribution is 2.17. The molecular weight excluding hydrogens is 1010 g/mol. The molecule has 0 bridgehead atoms. The summed E-state index contributed by atoms with van der Waals surface area (Å²) < 4.78 is 16.9. The van der Waals surface area contributed by atoms with Crippen molar-refractivity contribution < 1.29 is 28.6 Å². The summed E-state index contributed by atoms with van der Waals surface area (Å²) in [4.78, 5) is 38.3. The van der Waals surface area contributed by atoms with Gasteiger partial charge >= 0.3 is 17.9 Å². The van der Waals surface area contributed by atoms with Gasteiger partial charge in [0.1, 0.15) is 13.2 Å². The number of rotatable bonds is 64. The van der Waals surface area contributed by atoms with Gasteiger partial charge in [0.2, 0.25) is 0 Å². The first-order valence-corrected chi connectivity index (χ1v) is 35.2. The lowest BCUT2D eigenvalue weighted by molar-refractivity contribution is -0.167. The van der Waals surface area contributed by atoms with Gasteiger partial charge in [-0.05, 0) is 116 Å². The fourth-order valence-electron chi connectivity index (χ4n) is 10.0. The van der Waals surface area contributed by atoms with Crippen LogP contribution < -0.4 is 0 Å². The summed E-state index contributed by atoms with van der Waals surface area (Å²) in [6.45, 7) is 6.48. The minimum absolute atomic E-state index is 0.0791. The van der Waals surface area contributed by atoms with Crippen molar-refractivity contribution in [3.05, 3.63) is 97.2 Å². The maximum Gasteiger partial charge on any atom is 0.306 e. The van der Waals surface area contributed by atoms with Gasteiger partial charge in [0.15, 0.2) is 6.10 Å². The third-order valence-corrected chi connectivity index (χ3v) is 15.3. The van der Waals surface area contributed by atoms with Crippen LogP contribution in [0.1, 0.15) is 348 Å². The molecule has 0 rings (SSSR count). The molecule has 6 nitrogen and oxygen atoms in total. The van der Waals surface area contributed by atoms with Gasteiger partial charge in [-0.2, -0.15) is 0 Å². The number of carbonyl (C=O) groups is 3. The summed E-state index contributed by atoms with van der Waals surface area (Å²) in [6.07, 6.45) is 94.5. The van der Waals surface area contributed by atoms with Crippen molar-refractivity contribution in [1.82, 2.24) is 0 Å². The van der Waals surface area contributed by atoms with Crippen molar-refractivity contribution in [3.63, 3.8) is 0 Å². The molecule has 0 N–H and O–H groups in total. The van der Waals surface area contributed by atoms with Crippen LogP contribution in [0.4, 0.5) is 0 Å². The summed E-state index contributed by atoms with van der Waals surface area (Å²) in [5.41, 5.74) is 0. The maximum absolute atomic E-state index is 12.9. The van der Waals surface area contributed by atoms with Crippen LogP contribution in [0.2, 0.25) is 0 Å². The molecule has 0 spiro atoms. The minimum Gasteiger partial charge on any atom is -0.462 e. The normalized spacial score (nSPS) is 12.7. The zero-order valence-corrected chi connectivity index (χ0v) is 54.2. The Morgan fingerprint density at radius 2 is 0.500 bits per heavy atom. The molecule has 0 aromatic rings. The Morgan fingerprint density at radius 1 is 0.256 bits per heavy atom. The van der Waals surface area contributed by atoms with E-state index in [1.54, 1.807) is 0 Å². The topological polar surface area (TPSA) is 78.9 Å². The van der Waals surface area contributed by atoms with Crippen molar-refractivity contribution >= 4 is 17.9 Å². The molecule has 0 heterocycles. The number of ether oxygens (including phenoxy) is 3. The van der Waals surface area contributed by atoms with E-state index < -0.39 is 6.10 Å². The van der Waals surface area contributed by atoms with E-state index in [1.807, 2.05) is 0 Å². The van der Waals surface area contributed by atoms with Crippen LogP contribution in [-0.2, 0) is 28.6 Å². The van der Waals surface area contributed by atoms with E-state index in [1.165, 1.54) is 199 Å². The fourth-order valence-corrected chi connectivity index (χ4v) is 10.0. The lowest BCUT2D eigenvalue weighted by atomic mass is 10.0. The molecule has 0 saturated heterocycles. The predicted octanol–water partition coefficient (Wildman–Crippen LogP) is 24.4. The summed E-state index contributed by atoms with van der Waals surface area (Å²) in [7, 11) is 0. The van der Waals surface area contributed by atoms with Gasteiger partial charge in [-0.15, -0.1) is 0 Å². The lowest BCUT2D eigenvalue weighted by Crippen LogP contribution is -2.30. The van der Waals surface area contributed by atoms with Gasteiger partial charge in [0, 0.05) is 19.3 Å². The van der Waals surface area contributed by atoms with E-state index >= 15 is 0 Å². The minimum atomic E-state index is -0.783. The molecule has 1 unspecified atom stereocenters. The van der Waals surface area contributed by atoms with E-state index in [-0.39, 0.29) is 31.1 Å². The molecule has 0 aliphatic heterocycles. The smallest absolute Gasteiger partial charge is 0.306 e. The second-order valence-corrected chi connectivity index (χ2v) is 23.4. The monoisotopic (exact) mass is 1140 g/mol. The largest absolute Gasteiger partial charge is 0.462 e. The van der Waals surface area contributed by atoms with E-state index in [4.69, 9.17) is 14.2 Å². The number of carbonyl (C=O) groups excluding carboxylic acids is 3. The first kappa shape index (κ1) is 78.3. The van der Waals surface area contributed by atoms with Gasteiger partial charge in [-0.3, -0.25) is 14.4 Å². The lowest BCUT2D eigenvalue weighted by Gasteiger charge is -2.18. The third kappa shape index (κ3) is 67.1. The van der Waals surface area contributed by atoms with Crippen LogP contribution >= 0.6 is 0 Å². The van der Waals surface area contributed by atoms with Crippen molar-refractivity contribution in [1.29, 1.82) is 0 Å². The number of esters is 3. The van der Waals surface area contributed by atoms with Gasteiger partial charge in [-0.25, -0.2) is 0 Å². The molecule has 82 heavy (non-hydrogen) atoms. The fraction of sp³-hybridized carbons (Fsp3) is 0.750. The first-order chi connectivity index (χ1) is 40.5. The van der Waals surface area contributed by atoms with Crippen LogP contribution in [0.3, 0.4) is 0 Å². The quantitative estimate of drug-likeness (QED) is 0.0261. The average Bonchev–Trinajstić information content (AvgIpc) is 3.48. The molecule has 0 fully saturated rings. The van der Waals surface area contributed by atoms with Gasteiger partial charge in [-0.1, -0.05) is 311 Å². The second kappa shape index (κ2) is 69.8. The third-order valence-electron chi connectivity index (χ3n) is 15.3. The van der Waals surface area contributed by atoms with Crippen molar-refractivity contribution in [3.8, 4) is 0 Å². The number of unbranched alkanes of at least 4 members (excludes halogenated alkanes) is 37. The second-order valence-electron chi connectivity index (χ2n) is 23.4.